The summed E-state index contributed by atoms with van der Waals surface area (Å²) in [5, 5.41) is 0. The van der Waals surface area contributed by atoms with Gasteiger partial charge >= 0.3 is 12.2 Å². The average molecular weight is 240 g/mol. The van der Waals surface area contributed by atoms with Crippen LogP contribution in [0.4, 0.5) is 9.59 Å². The highest BCUT2D eigenvalue weighted by atomic mass is 16.6. The molecule has 1 rings (SSSR count). The van der Waals surface area contributed by atoms with Crippen molar-refractivity contribution in [1.29, 1.82) is 0 Å². The number of carbonyl (C=O) groups excluding carboxylic acids is 2. The minimum Gasteiger partial charge on any atom is -0.449 e. The Kier molecular flexibility index (Phi) is 3.73. The van der Waals surface area contributed by atoms with Gasteiger partial charge in [-0.3, -0.25) is 0 Å². The summed E-state index contributed by atoms with van der Waals surface area (Å²) in [6.07, 6.45) is -1.92. The van der Waals surface area contributed by atoms with E-state index >= 15 is 0 Å². The van der Waals surface area contributed by atoms with Crippen LogP contribution in [0.5, 0.6) is 0 Å². The summed E-state index contributed by atoms with van der Waals surface area (Å²) in [4.78, 5) is 21.2. The second-order valence-electron chi connectivity index (χ2n) is 3.22. The largest absolute Gasteiger partial charge is 0.449 e. The van der Waals surface area contributed by atoms with Gasteiger partial charge in [-0.2, -0.15) is 0 Å². The van der Waals surface area contributed by atoms with Crippen LogP contribution in [0.1, 0.15) is 14.2 Å². The molecule has 4 N–H and O–H groups in total. The molecule has 0 radical (unpaired) electrons. The zero-order valence-electron chi connectivity index (χ0n) is 11.0. The fourth-order valence-electron chi connectivity index (χ4n) is 1.21. The van der Waals surface area contributed by atoms with Gasteiger partial charge < -0.3 is 20.9 Å². The zero-order chi connectivity index (χ0) is 14.4. The third-order valence-electron chi connectivity index (χ3n) is 1.99. The molecule has 0 unspecified atom stereocenters. The van der Waals surface area contributed by atoms with Gasteiger partial charge in [0.15, 0.2) is 0 Å². The van der Waals surface area contributed by atoms with Gasteiger partial charge in [-0.25, -0.2) is 9.59 Å². The van der Waals surface area contributed by atoms with Crippen molar-refractivity contribution >= 4 is 12.2 Å². The minimum absolute atomic E-state index is 0.130. The lowest BCUT2D eigenvalue weighted by atomic mass is 10.0. The molecule has 0 aliphatic rings. The Morgan fingerprint density at radius 3 is 2.06 bits per heavy atom. The molecule has 0 aliphatic carbocycles. The number of ether oxygens (including phenoxy) is 2. The summed E-state index contributed by atoms with van der Waals surface area (Å²) < 4.78 is 24.3. The maximum absolute atomic E-state index is 10.6. The molecule has 0 aromatic heterocycles. The van der Waals surface area contributed by atoms with Crippen LogP contribution in [0.15, 0.2) is 30.3 Å². The molecule has 0 aliphatic heterocycles. The first kappa shape index (κ1) is 9.95. The van der Waals surface area contributed by atoms with E-state index < -0.39 is 18.1 Å². The van der Waals surface area contributed by atoms with Gasteiger partial charge in [0.05, 0.1) is 8.66 Å². The lowest BCUT2D eigenvalue weighted by Gasteiger charge is -2.16. The molecule has 1 aromatic rings. The number of rotatable bonds is 5. The first-order valence-electron chi connectivity index (χ1n) is 5.81. The van der Waals surface area contributed by atoms with Gasteiger partial charge in [0, 0.05) is 0 Å². The standard InChI is InChI=1S/C11H14N2O4/c12-10(14)16-6-9(7-17-11(13)15)8-4-2-1-3-5-8/h1-5,9H,6-7H2,(H2,12,14)(H2,13,15)/i2D,3D. The maximum atomic E-state index is 10.6. The molecular weight excluding hydrogens is 224 g/mol. The van der Waals surface area contributed by atoms with Crippen LogP contribution in [0.25, 0.3) is 0 Å². The molecule has 1 aromatic carbocycles. The second-order valence-corrected chi connectivity index (χ2v) is 3.22. The van der Waals surface area contributed by atoms with E-state index in [1.54, 1.807) is 0 Å². The maximum Gasteiger partial charge on any atom is 0.404 e. The molecule has 6 heteroatoms. The van der Waals surface area contributed by atoms with Crippen LogP contribution in [0.3, 0.4) is 0 Å². The van der Waals surface area contributed by atoms with E-state index in [2.05, 4.69) is 9.47 Å². The number of nitrogens with two attached hydrogens (primary N) is 2. The van der Waals surface area contributed by atoms with Crippen LogP contribution >= 0.6 is 0 Å². The lowest BCUT2D eigenvalue weighted by molar-refractivity contribution is 0.116. The number of hydrogen-bond acceptors (Lipinski definition) is 4. The van der Waals surface area contributed by atoms with Crippen LogP contribution in [0.2, 0.25) is 0 Å². The SMILES string of the molecule is [2H]c1cc([2H])cc(C(COC(N)=O)COC(N)=O)c1. The molecule has 0 saturated carbocycles. The molecule has 2 amide bonds. The molecule has 0 spiro atoms. The fraction of sp³-hybridized carbons (Fsp3) is 0.273. The topological polar surface area (TPSA) is 105 Å². The summed E-state index contributed by atoms with van der Waals surface area (Å²) in [5.41, 5.74) is 10.3. The lowest BCUT2D eigenvalue weighted by Crippen LogP contribution is -2.23. The minimum atomic E-state index is -0.961. The molecular formula is C11H14N2O4. The predicted octanol–water partition coefficient (Wildman–Crippen LogP) is 0.961. The number of amides is 2. The van der Waals surface area contributed by atoms with E-state index in [0.29, 0.717) is 5.56 Å². The Morgan fingerprint density at radius 2 is 1.65 bits per heavy atom. The molecule has 17 heavy (non-hydrogen) atoms. The summed E-state index contributed by atoms with van der Waals surface area (Å²) in [5.74, 6) is -0.533. The van der Waals surface area contributed by atoms with E-state index in [-0.39, 0.29) is 25.3 Å². The highest BCUT2D eigenvalue weighted by Gasteiger charge is 2.15. The van der Waals surface area contributed by atoms with Gasteiger partial charge in [-0.05, 0) is 5.56 Å². The van der Waals surface area contributed by atoms with Crippen molar-refractivity contribution in [2.75, 3.05) is 13.2 Å². The Morgan fingerprint density at radius 1 is 1.18 bits per heavy atom. The smallest absolute Gasteiger partial charge is 0.404 e. The second kappa shape index (κ2) is 6.37. The Labute approximate surface area is 101 Å². The van der Waals surface area contributed by atoms with E-state index in [4.69, 9.17) is 14.2 Å². The molecule has 0 heterocycles. The zero-order valence-corrected chi connectivity index (χ0v) is 9.01. The van der Waals surface area contributed by atoms with Crippen molar-refractivity contribution in [2.45, 2.75) is 5.92 Å². The third kappa shape index (κ3) is 4.87. The molecule has 0 fully saturated rings. The highest BCUT2D eigenvalue weighted by Crippen LogP contribution is 2.16. The van der Waals surface area contributed by atoms with Crippen LogP contribution in [-0.2, 0) is 9.47 Å². The van der Waals surface area contributed by atoms with Gasteiger partial charge in [0.2, 0.25) is 0 Å². The van der Waals surface area contributed by atoms with Crippen molar-refractivity contribution in [3.8, 4) is 0 Å². The van der Waals surface area contributed by atoms with Crippen LogP contribution in [-0.4, -0.2) is 25.4 Å². The Bertz CT molecular complexity index is 444. The Hall–Kier alpha value is -2.24. The van der Waals surface area contributed by atoms with Crippen molar-refractivity contribution in [3.05, 3.63) is 35.8 Å². The summed E-state index contributed by atoms with van der Waals surface area (Å²) >= 11 is 0. The molecule has 92 valence electrons. The van der Waals surface area contributed by atoms with E-state index in [0.717, 1.165) is 0 Å². The van der Waals surface area contributed by atoms with Crippen LogP contribution < -0.4 is 11.5 Å². The number of primary amides is 2. The normalized spacial score (nSPS) is 11.6. The van der Waals surface area contributed by atoms with Crippen molar-refractivity contribution in [2.24, 2.45) is 11.5 Å². The van der Waals surface area contributed by atoms with Gasteiger partial charge in [-0.15, -0.1) is 0 Å². The van der Waals surface area contributed by atoms with Crippen molar-refractivity contribution in [1.82, 2.24) is 0 Å². The first-order valence-corrected chi connectivity index (χ1v) is 4.81. The average Bonchev–Trinajstić information content (AvgIpc) is 2.26. The summed E-state index contributed by atoms with van der Waals surface area (Å²) in [6.45, 7) is -0.267. The number of hydrogen-bond donors (Lipinski definition) is 2. The number of carbonyl (C=O) groups is 2. The molecule has 0 bridgehead atoms. The van der Waals surface area contributed by atoms with Gasteiger partial charge in [0.25, 0.3) is 0 Å². The number of benzene rings is 1. The van der Waals surface area contributed by atoms with E-state index in [1.807, 2.05) is 0 Å². The van der Waals surface area contributed by atoms with Crippen LogP contribution in [0, 0.1) is 0 Å². The monoisotopic (exact) mass is 240 g/mol. The highest BCUT2D eigenvalue weighted by molar-refractivity contribution is 5.65. The quantitative estimate of drug-likeness (QED) is 0.799. The summed E-state index contributed by atoms with van der Waals surface area (Å²) in [7, 11) is 0. The summed E-state index contributed by atoms with van der Waals surface area (Å²) in [6, 6.07) is 4.58. The third-order valence-corrected chi connectivity index (χ3v) is 1.99. The fourth-order valence-corrected chi connectivity index (χ4v) is 1.21. The van der Waals surface area contributed by atoms with E-state index in [1.165, 1.54) is 18.2 Å². The van der Waals surface area contributed by atoms with Crippen molar-refractivity contribution < 1.29 is 21.8 Å². The predicted molar refractivity (Wildman–Crippen MR) is 60.3 cm³/mol. The van der Waals surface area contributed by atoms with Gasteiger partial charge in [-0.1, -0.05) is 30.3 Å². The molecule has 0 saturated heterocycles. The van der Waals surface area contributed by atoms with E-state index in [9.17, 15) is 9.59 Å². The van der Waals surface area contributed by atoms with Gasteiger partial charge in [0.1, 0.15) is 13.2 Å². The van der Waals surface area contributed by atoms with Crippen molar-refractivity contribution in [3.63, 3.8) is 0 Å². The first-order chi connectivity index (χ1) is 8.88. The molecule has 6 nitrogen and oxygen atoms in total. The molecule has 0 atom stereocenters. The Balaban J connectivity index is 2.86.